The maximum absolute atomic E-state index is 11.1. The van der Waals surface area contributed by atoms with Crippen molar-refractivity contribution in [2.24, 2.45) is 5.73 Å². The second-order valence-electron chi connectivity index (χ2n) is 4.90. The fourth-order valence-corrected chi connectivity index (χ4v) is 2.61. The van der Waals surface area contributed by atoms with E-state index in [0.717, 1.165) is 0 Å². The van der Waals surface area contributed by atoms with E-state index in [1.165, 1.54) is 6.07 Å². The average molecular weight is 330 g/mol. The molecule has 7 heteroatoms. The maximum Gasteiger partial charge on any atom is 0.293 e. The topological polar surface area (TPSA) is 92.6 Å². The Hall–Kier alpha value is -1.18. The van der Waals surface area contributed by atoms with Gasteiger partial charge in [0.1, 0.15) is 5.69 Å². The summed E-state index contributed by atoms with van der Waals surface area (Å²) in [5.41, 5.74) is 6.14. The molecule has 0 unspecified atom stereocenters. The lowest BCUT2D eigenvalue weighted by molar-refractivity contribution is -0.384. The number of rotatable bonds is 3. The highest BCUT2D eigenvalue weighted by Crippen LogP contribution is 2.33. The number of nitrogens with zero attached hydrogens (tertiary/aromatic N) is 2. The summed E-state index contributed by atoms with van der Waals surface area (Å²) in [5.74, 6) is 0. The second-order valence-corrected chi connectivity index (χ2v) is 5.81. The third-order valence-electron chi connectivity index (χ3n) is 3.55. The van der Waals surface area contributed by atoms with E-state index in [4.69, 9.17) is 5.73 Å². The van der Waals surface area contributed by atoms with Gasteiger partial charge in [0.25, 0.3) is 5.69 Å². The van der Waals surface area contributed by atoms with Crippen LogP contribution in [0.5, 0.6) is 0 Å². The third kappa shape index (κ3) is 3.05. The third-order valence-corrected chi connectivity index (χ3v) is 4.04. The molecule has 2 rings (SSSR count). The lowest BCUT2D eigenvalue weighted by atomic mass is 9.89. The predicted molar refractivity (Wildman–Crippen MR) is 76.2 cm³/mol. The number of hydrogen-bond acceptors (Lipinski definition) is 5. The molecule has 0 aromatic heterocycles. The van der Waals surface area contributed by atoms with Crippen LogP contribution in [0.4, 0.5) is 11.4 Å². The van der Waals surface area contributed by atoms with Crippen LogP contribution in [0.25, 0.3) is 0 Å². The van der Waals surface area contributed by atoms with Crippen molar-refractivity contribution in [3.8, 4) is 0 Å². The first-order valence-corrected chi connectivity index (χ1v) is 6.83. The van der Waals surface area contributed by atoms with Gasteiger partial charge in [-0.1, -0.05) is 15.9 Å². The summed E-state index contributed by atoms with van der Waals surface area (Å²) in [6, 6.07) is 5.04. The zero-order chi connectivity index (χ0) is 14.0. The number of aliphatic hydroxyl groups excluding tert-OH is 1. The number of nitro groups is 1. The molecule has 6 nitrogen and oxygen atoms in total. The smallest absolute Gasteiger partial charge is 0.293 e. The van der Waals surface area contributed by atoms with Gasteiger partial charge in [-0.15, -0.1) is 0 Å². The number of nitro benzene ring substituents is 1. The van der Waals surface area contributed by atoms with Gasteiger partial charge in [0.15, 0.2) is 0 Å². The number of nitrogens with two attached hydrogens (primary N) is 1. The quantitative estimate of drug-likeness (QED) is 0.649. The summed E-state index contributed by atoms with van der Waals surface area (Å²) in [4.78, 5) is 12.7. The van der Waals surface area contributed by atoms with Gasteiger partial charge in [0.2, 0.25) is 0 Å². The SMILES string of the molecule is NC1(CO)CCN(c2ccc(Br)cc2[N+](=O)[O-])CC1. The van der Waals surface area contributed by atoms with Gasteiger partial charge < -0.3 is 15.7 Å². The van der Waals surface area contributed by atoms with E-state index in [1.54, 1.807) is 12.1 Å². The summed E-state index contributed by atoms with van der Waals surface area (Å²) in [6.45, 7) is 1.17. The lowest BCUT2D eigenvalue weighted by Gasteiger charge is -2.38. The van der Waals surface area contributed by atoms with Crippen LogP contribution in [0.3, 0.4) is 0 Å². The standard InChI is InChI=1S/C12H16BrN3O3/c13-9-1-2-10(11(7-9)16(18)19)15-5-3-12(14,8-17)4-6-15/h1-2,7,17H,3-6,8,14H2. The maximum atomic E-state index is 11.1. The van der Waals surface area contributed by atoms with Crippen molar-refractivity contribution in [2.45, 2.75) is 18.4 Å². The Labute approximate surface area is 119 Å². The Morgan fingerprint density at radius 1 is 1.47 bits per heavy atom. The minimum absolute atomic E-state index is 0.0523. The van der Waals surface area contributed by atoms with Gasteiger partial charge >= 0.3 is 0 Å². The first-order chi connectivity index (χ1) is 8.95. The molecule has 1 aliphatic rings. The second kappa shape index (κ2) is 5.44. The molecule has 0 saturated carbocycles. The lowest BCUT2D eigenvalue weighted by Crippen LogP contribution is -2.53. The normalized spacial score (nSPS) is 18.4. The van der Waals surface area contributed by atoms with E-state index in [2.05, 4.69) is 15.9 Å². The molecule has 1 aromatic rings. The van der Waals surface area contributed by atoms with Gasteiger partial charge in [-0.05, 0) is 25.0 Å². The minimum atomic E-state index is -0.555. The van der Waals surface area contributed by atoms with Crippen LogP contribution in [0.2, 0.25) is 0 Å². The summed E-state index contributed by atoms with van der Waals surface area (Å²) in [5, 5.41) is 20.3. The molecule has 0 spiro atoms. The molecule has 0 aliphatic carbocycles. The van der Waals surface area contributed by atoms with Crippen LogP contribution in [0.15, 0.2) is 22.7 Å². The number of anilines is 1. The minimum Gasteiger partial charge on any atom is -0.394 e. The van der Waals surface area contributed by atoms with Gasteiger partial charge in [-0.25, -0.2) is 0 Å². The van der Waals surface area contributed by atoms with Crippen LogP contribution in [-0.2, 0) is 0 Å². The number of benzene rings is 1. The predicted octanol–water partition coefficient (Wildman–Crippen LogP) is 1.65. The van der Waals surface area contributed by atoms with E-state index < -0.39 is 5.54 Å². The molecule has 1 aliphatic heterocycles. The Morgan fingerprint density at radius 2 is 2.11 bits per heavy atom. The number of hydrogen-bond donors (Lipinski definition) is 2. The van der Waals surface area contributed by atoms with Crippen LogP contribution in [0.1, 0.15) is 12.8 Å². The van der Waals surface area contributed by atoms with Gasteiger partial charge in [-0.3, -0.25) is 10.1 Å². The average Bonchev–Trinajstić information content (AvgIpc) is 2.40. The zero-order valence-electron chi connectivity index (χ0n) is 10.4. The Bertz CT molecular complexity index is 487. The van der Waals surface area contributed by atoms with Crippen LogP contribution in [-0.4, -0.2) is 35.3 Å². The highest BCUT2D eigenvalue weighted by atomic mass is 79.9. The van der Waals surface area contributed by atoms with Crippen molar-refractivity contribution in [2.75, 3.05) is 24.6 Å². The van der Waals surface area contributed by atoms with Crippen molar-refractivity contribution < 1.29 is 10.0 Å². The molecule has 1 heterocycles. The molecule has 1 saturated heterocycles. The summed E-state index contributed by atoms with van der Waals surface area (Å²) in [7, 11) is 0. The van der Waals surface area contributed by atoms with Crippen molar-refractivity contribution in [3.05, 3.63) is 32.8 Å². The molecular formula is C12H16BrN3O3. The number of halogens is 1. The van der Waals surface area contributed by atoms with Crippen molar-refractivity contribution >= 4 is 27.3 Å². The molecule has 0 amide bonds. The molecule has 1 fully saturated rings. The van der Waals surface area contributed by atoms with Gasteiger partial charge in [-0.2, -0.15) is 0 Å². The highest BCUT2D eigenvalue weighted by Gasteiger charge is 2.32. The molecule has 0 bridgehead atoms. The molecule has 1 aromatic carbocycles. The van der Waals surface area contributed by atoms with E-state index in [1.807, 2.05) is 4.90 Å². The van der Waals surface area contributed by atoms with Crippen molar-refractivity contribution in [3.63, 3.8) is 0 Å². The Morgan fingerprint density at radius 3 is 2.63 bits per heavy atom. The van der Waals surface area contributed by atoms with Crippen molar-refractivity contribution in [1.82, 2.24) is 0 Å². The van der Waals surface area contributed by atoms with Gasteiger partial charge in [0, 0.05) is 29.2 Å². The van der Waals surface area contributed by atoms with E-state index in [-0.39, 0.29) is 17.2 Å². The zero-order valence-corrected chi connectivity index (χ0v) is 12.0. The number of piperidine rings is 1. The van der Waals surface area contributed by atoms with E-state index in [9.17, 15) is 15.2 Å². The summed E-state index contributed by atoms with van der Waals surface area (Å²) >= 11 is 3.24. The largest absolute Gasteiger partial charge is 0.394 e. The number of aliphatic hydroxyl groups is 1. The van der Waals surface area contributed by atoms with E-state index >= 15 is 0 Å². The molecule has 0 radical (unpaired) electrons. The molecule has 3 N–H and O–H groups in total. The summed E-state index contributed by atoms with van der Waals surface area (Å²) < 4.78 is 0.684. The summed E-state index contributed by atoms with van der Waals surface area (Å²) in [6.07, 6.45) is 1.24. The molecule has 104 valence electrons. The first kappa shape index (κ1) is 14.2. The fraction of sp³-hybridized carbons (Fsp3) is 0.500. The first-order valence-electron chi connectivity index (χ1n) is 6.04. The fourth-order valence-electron chi connectivity index (χ4n) is 2.26. The van der Waals surface area contributed by atoms with Crippen LogP contribution in [0, 0.1) is 10.1 Å². The monoisotopic (exact) mass is 329 g/mol. The Balaban J connectivity index is 2.22. The van der Waals surface area contributed by atoms with Gasteiger partial charge in [0.05, 0.1) is 11.5 Å². The molecular weight excluding hydrogens is 314 g/mol. The Kier molecular flexibility index (Phi) is 4.07. The highest BCUT2D eigenvalue weighted by molar-refractivity contribution is 9.10. The van der Waals surface area contributed by atoms with Crippen LogP contribution < -0.4 is 10.6 Å². The van der Waals surface area contributed by atoms with Crippen LogP contribution >= 0.6 is 15.9 Å². The molecule has 19 heavy (non-hydrogen) atoms. The molecule has 0 atom stereocenters. The van der Waals surface area contributed by atoms with E-state index in [0.29, 0.717) is 36.1 Å². The van der Waals surface area contributed by atoms with Crippen molar-refractivity contribution in [1.29, 1.82) is 0 Å².